The predicted molar refractivity (Wildman–Crippen MR) is 88.9 cm³/mol. The molecule has 0 spiro atoms. The molecule has 3 aliphatic heterocycles. The number of aliphatic hydroxyl groups is 1. The van der Waals surface area contributed by atoms with Gasteiger partial charge in [0.2, 0.25) is 5.95 Å². The minimum Gasteiger partial charge on any atom is -0.389 e. The van der Waals surface area contributed by atoms with E-state index in [1.807, 2.05) is 4.90 Å². The first-order valence-electron chi connectivity index (χ1n) is 8.18. The standard InChI is InChI=1S/C15H23N4O3S/c1-21-23-7-4-12-13(23)14(16-10-2-5-22-6-3-10)18-15(17-12)19-8-11(20)9-19/h10-11,20H,2-9H2,1H3,(H,16,17,18)/q+1. The quantitative estimate of drug-likeness (QED) is 0.766. The summed E-state index contributed by atoms with van der Waals surface area (Å²) in [5.74, 6) is 2.63. The number of nitrogens with one attached hydrogen (secondary N) is 1. The Morgan fingerprint density at radius 3 is 2.78 bits per heavy atom. The van der Waals surface area contributed by atoms with Gasteiger partial charge in [-0.2, -0.15) is 9.17 Å². The van der Waals surface area contributed by atoms with Crippen molar-refractivity contribution in [2.45, 2.75) is 36.3 Å². The second-order valence-corrected chi connectivity index (χ2v) is 8.05. The van der Waals surface area contributed by atoms with Gasteiger partial charge in [-0.25, -0.2) is 4.98 Å². The van der Waals surface area contributed by atoms with Crippen LogP contribution < -0.4 is 10.2 Å². The van der Waals surface area contributed by atoms with Gasteiger partial charge in [-0.15, -0.1) is 0 Å². The highest BCUT2D eigenvalue weighted by Gasteiger charge is 2.41. The summed E-state index contributed by atoms with van der Waals surface area (Å²) in [6, 6.07) is 0.389. The van der Waals surface area contributed by atoms with Crippen molar-refractivity contribution in [2.75, 3.05) is 49.4 Å². The molecule has 7 nitrogen and oxygen atoms in total. The number of hydrogen-bond acceptors (Lipinski definition) is 7. The molecule has 126 valence electrons. The van der Waals surface area contributed by atoms with Crippen LogP contribution in [0.5, 0.6) is 0 Å². The van der Waals surface area contributed by atoms with E-state index in [2.05, 4.69) is 5.32 Å². The zero-order valence-electron chi connectivity index (χ0n) is 13.3. The highest BCUT2D eigenvalue weighted by molar-refractivity contribution is 7.92. The van der Waals surface area contributed by atoms with Gasteiger partial charge in [0.15, 0.2) is 22.7 Å². The fourth-order valence-electron chi connectivity index (χ4n) is 3.24. The number of aryl methyl sites for hydroxylation is 1. The summed E-state index contributed by atoms with van der Waals surface area (Å²) in [6.45, 7) is 2.83. The molecule has 0 bridgehead atoms. The largest absolute Gasteiger partial charge is 0.389 e. The van der Waals surface area contributed by atoms with Gasteiger partial charge < -0.3 is 20.1 Å². The van der Waals surface area contributed by atoms with Gasteiger partial charge >= 0.3 is 0 Å². The fourth-order valence-corrected chi connectivity index (χ4v) is 4.89. The Labute approximate surface area is 138 Å². The van der Waals surface area contributed by atoms with Crippen LogP contribution >= 0.6 is 0 Å². The maximum Gasteiger partial charge on any atom is 0.253 e. The molecule has 23 heavy (non-hydrogen) atoms. The van der Waals surface area contributed by atoms with Crippen molar-refractivity contribution in [1.29, 1.82) is 0 Å². The van der Waals surface area contributed by atoms with E-state index < -0.39 is 0 Å². The molecular weight excluding hydrogens is 316 g/mol. The van der Waals surface area contributed by atoms with Crippen molar-refractivity contribution >= 4 is 22.9 Å². The molecule has 1 aromatic rings. The summed E-state index contributed by atoms with van der Waals surface area (Å²) in [5.41, 5.74) is 1.09. The molecule has 3 aliphatic rings. The number of rotatable bonds is 4. The van der Waals surface area contributed by atoms with Crippen LogP contribution in [0.25, 0.3) is 0 Å². The number of β-amino-alcohol motifs (C(OH)–C–C–N with tert-alkyl or cyclic N) is 1. The number of anilines is 2. The normalized spacial score (nSPS) is 25.3. The van der Waals surface area contributed by atoms with Crippen molar-refractivity contribution in [1.82, 2.24) is 9.97 Å². The van der Waals surface area contributed by atoms with E-state index in [4.69, 9.17) is 18.9 Å². The summed E-state index contributed by atoms with van der Waals surface area (Å²) >= 11 is -0.224. The number of aliphatic hydroxyl groups excluding tert-OH is 1. The number of ether oxygens (including phenoxy) is 1. The maximum absolute atomic E-state index is 9.54. The average Bonchev–Trinajstić information content (AvgIpc) is 2.96. The molecule has 2 N–H and O–H groups in total. The van der Waals surface area contributed by atoms with Crippen LogP contribution in [0.2, 0.25) is 0 Å². The first-order chi connectivity index (χ1) is 11.2. The Balaban J connectivity index is 1.63. The molecule has 0 amide bonds. The van der Waals surface area contributed by atoms with Gasteiger partial charge in [-0.1, -0.05) is 0 Å². The number of fused-ring (bicyclic) bond motifs is 1. The average molecular weight is 339 g/mol. The second kappa shape index (κ2) is 6.43. The predicted octanol–water partition coefficient (Wildman–Crippen LogP) is 0.343. The SMILES string of the molecule is CO[S+]1CCc2nc(N3CC(O)C3)nc(NC3CCOCC3)c21. The molecule has 1 aromatic heterocycles. The number of aromatic nitrogens is 2. The van der Waals surface area contributed by atoms with Crippen LogP contribution in [0.4, 0.5) is 11.8 Å². The van der Waals surface area contributed by atoms with E-state index in [1.165, 1.54) is 0 Å². The first-order valence-corrected chi connectivity index (χ1v) is 9.50. The van der Waals surface area contributed by atoms with E-state index in [0.29, 0.717) is 19.1 Å². The molecule has 2 saturated heterocycles. The van der Waals surface area contributed by atoms with Crippen LogP contribution in [0.3, 0.4) is 0 Å². The summed E-state index contributed by atoms with van der Waals surface area (Å²) in [5, 5.41) is 13.1. The molecule has 2 fully saturated rings. The highest BCUT2D eigenvalue weighted by Crippen LogP contribution is 2.35. The van der Waals surface area contributed by atoms with Crippen molar-refractivity contribution in [3.05, 3.63) is 5.69 Å². The Kier molecular flexibility index (Phi) is 4.31. The molecule has 1 unspecified atom stereocenters. The van der Waals surface area contributed by atoms with Crippen LogP contribution in [0.15, 0.2) is 4.90 Å². The zero-order chi connectivity index (χ0) is 15.8. The highest BCUT2D eigenvalue weighted by atomic mass is 32.2. The molecular formula is C15H23N4O3S+. The van der Waals surface area contributed by atoms with Gasteiger partial charge in [0, 0.05) is 38.8 Å². The van der Waals surface area contributed by atoms with E-state index in [1.54, 1.807) is 7.11 Å². The third-order valence-electron chi connectivity index (χ3n) is 4.58. The maximum atomic E-state index is 9.54. The summed E-state index contributed by atoms with van der Waals surface area (Å²) in [7, 11) is 1.76. The molecule has 0 radical (unpaired) electrons. The lowest BCUT2D eigenvalue weighted by atomic mass is 10.1. The lowest BCUT2D eigenvalue weighted by Crippen LogP contribution is -2.51. The van der Waals surface area contributed by atoms with Crippen LogP contribution in [-0.2, 0) is 26.5 Å². The van der Waals surface area contributed by atoms with Gasteiger partial charge in [0.1, 0.15) is 5.69 Å². The third-order valence-corrected chi connectivity index (χ3v) is 6.45. The number of hydrogen-bond donors (Lipinski definition) is 2. The van der Waals surface area contributed by atoms with Crippen molar-refractivity contribution < 1.29 is 14.0 Å². The topological polar surface area (TPSA) is 79.7 Å². The van der Waals surface area contributed by atoms with E-state index in [-0.39, 0.29) is 17.3 Å². The minimum absolute atomic E-state index is 0.224. The lowest BCUT2D eigenvalue weighted by Gasteiger charge is -2.36. The summed E-state index contributed by atoms with van der Waals surface area (Å²) in [4.78, 5) is 12.7. The molecule has 0 saturated carbocycles. The van der Waals surface area contributed by atoms with Crippen LogP contribution in [0, 0.1) is 0 Å². The first kappa shape index (κ1) is 15.4. The third kappa shape index (κ3) is 3.00. The van der Waals surface area contributed by atoms with Crippen molar-refractivity contribution in [3.8, 4) is 0 Å². The fraction of sp³-hybridized carbons (Fsp3) is 0.733. The molecule has 8 heteroatoms. The van der Waals surface area contributed by atoms with Crippen molar-refractivity contribution in [3.63, 3.8) is 0 Å². The Hall–Kier alpha value is -1.09. The number of nitrogens with zero attached hydrogens (tertiary/aromatic N) is 3. The smallest absolute Gasteiger partial charge is 0.253 e. The Bertz CT molecular complexity index is 576. The lowest BCUT2D eigenvalue weighted by molar-refractivity contribution is 0.0903. The second-order valence-electron chi connectivity index (χ2n) is 6.20. The van der Waals surface area contributed by atoms with E-state index >= 15 is 0 Å². The Morgan fingerprint density at radius 1 is 1.30 bits per heavy atom. The zero-order valence-corrected chi connectivity index (χ0v) is 14.1. The molecule has 4 heterocycles. The molecule has 0 aliphatic carbocycles. The van der Waals surface area contributed by atoms with Crippen LogP contribution in [-0.4, -0.2) is 66.4 Å². The van der Waals surface area contributed by atoms with Crippen molar-refractivity contribution in [2.24, 2.45) is 0 Å². The van der Waals surface area contributed by atoms with E-state index in [0.717, 1.165) is 60.6 Å². The molecule has 4 rings (SSSR count). The van der Waals surface area contributed by atoms with E-state index in [9.17, 15) is 5.11 Å². The monoisotopic (exact) mass is 339 g/mol. The molecule has 1 atom stereocenters. The van der Waals surface area contributed by atoms with Gasteiger partial charge in [0.25, 0.3) is 4.90 Å². The summed E-state index contributed by atoms with van der Waals surface area (Å²) in [6.07, 6.45) is 2.67. The van der Waals surface area contributed by atoms with Gasteiger partial charge in [-0.3, -0.25) is 0 Å². The van der Waals surface area contributed by atoms with Gasteiger partial charge in [0.05, 0.1) is 13.2 Å². The van der Waals surface area contributed by atoms with Gasteiger partial charge in [-0.05, 0) is 12.8 Å². The Morgan fingerprint density at radius 2 is 2.09 bits per heavy atom. The molecule has 0 aromatic carbocycles. The minimum atomic E-state index is -0.257. The van der Waals surface area contributed by atoms with Crippen LogP contribution in [0.1, 0.15) is 18.5 Å². The summed E-state index contributed by atoms with van der Waals surface area (Å²) < 4.78 is 11.1.